The molecule has 100 valence electrons. The second kappa shape index (κ2) is 6.38. The molecule has 0 aliphatic rings. The van der Waals surface area contributed by atoms with Crippen LogP contribution in [0.1, 0.15) is 20.3 Å². The lowest BCUT2D eigenvalue weighted by molar-refractivity contribution is 0.758. The number of anilines is 3. The minimum absolute atomic E-state index is 0.378. The van der Waals surface area contributed by atoms with Crippen molar-refractivity contribution in [3.05, 3.63) is 41.7 Å². The summed E-state index contributed by atoms with van der Waals surface area (Å²) in [6.45, 7) is 4.24. The first-order valence-corrected chi connectivity index (χ1v) is 6.67. The molecule has 19 heavy (non-hydrogen) atoms. The number of nitrogens with zero attached hydrogens (tertiary/aromatic N) is 2. The number of rotatable bonds is 5. The van der Waals surface area contributed by atoms with Crippen LogP contribution in [0.4, 0.5) is 17.3 Å². The molecule has 1 heterocycles. The van der Waals surface area contributed by atoms with E-state index in [-0.39, 0.29) is 0 Å². The molecule has 0 aliphatic heterocycles. The van der Waals surface area contributed by atoms with E-state index in [2.05, 4.69) is 34.4 Å². The molecule has 0 fully saturated rings. The van der Waals surface area contributed by atoms with Crippen LogP contribution in [-0.4, -0.2) is 16.0 Å². The molecule has 1 unspecified atom stereocenters. The average Bonchev–Trinajstić information content (AvgIpc) is 2.42. The maximum absolute atomic E-state index is 6.10. The van der Waals surface area contributed by atoms with Gasteiger partial charge in [0.25, 0.3) is 0 Å². The van der Waals surface area contributed by atoms with E-state index >= 15 is 0 Å². The Kier molecular flexibility index (Phi) is 4.58. The van der Waals surface area contributed by atoms with E-state index in [1.54, 1.807) is 0 Å². The number of aromatic nitrogens is 2. The Morgan fingerprint density at radius 3 is 2.68 bits per heavy atom. The first kappa shape index (κ1) is 13.6. The predicted molar refractivity (Wildman–Crippen MR) is 80.1 cm³/mol. The lowest BCUT2D eigenvalue weighted by atomic mass is 10.2. The zero-order chi connectivity index (χ0) is 13.7. The van der Waals surface area contributed by atoms with Gasteiger partial charge >= 0.3 is 0 Å². The van der Waals surface area contributed by atoms with Gasteiger partial charge in [-0.3, -0.25) is 0 Å². The summed E-state index contributed by atoms with van der Waals surface area (Å²) in [7, 11) is 0. The van der Waals surface area contributed by atoms with E-state index in [1.165, 1.54) is 6.33 Å². The Hall–Kier alpha value is -1.81. The van der Waals surface area contributed by atoms with Gasteiger partial charge in [-0.15, -0.1) is 0 Å². The third-order valence-corrected chi connectivity index (χ3v) is 3.14. The summed E-state index contributed by atoms with van der Waals surface area (Å²) in [5.41, 5.74) is 0.831. The summed E-state index contributed by atoms with van der Waals surface area (Å²) >= 11 is 6.10. The van der Waals surface area contributed by atoms with Crippen molar-refractivity contribution in [3.63, 3.8) is 0 Å². The van der Waals surface area contributed by atoms with E-state index in [0.717, 1.165) is 17.9 Å². The van der Waals surface area contributed by atoms with Crippen molar-refractivity contribution in [2.24, 2.45) is 0 Å². The molecule has 2 rings (SSSR count). The third-order valence-electron chi connectivity index (χ3n) is 2.81. The van der Waals surface area contributed by atoms with E-state index in [1.807, 2.05) is 30.3 Å². The van der Waals surface area contributed by atoms with Crippen molar-refractivity contribution in [2.75, 3.05) is 10.6 Å². The molecule has 0 saturated carbocycles. The van der Waals surface area contributed by atoms with Gasteiger partial charge in [0.05, 0.1) is 10.7 Å². The Morgan fingerprint density at radius 1 is 1.21 bits per heavy atom. The number of benzene rings is 1. The quantitative estimate of drug-likeness (QED) is 0.864. The highest BCUT2D eigenvalue weighted by molar-refractivity contribution is 6.33. The van der Waals surface area contributed by atoms with Gasteiger partial charge in [-0.2, -0.15) is 0 Å². The Balaban J connectivity index is 2.13. The minimum atomic E-state index is 0.378. The van der Waals surface area contributed by atoms with Crippen LogP contribution >= 0.6 is 11.6 Å². The Labute approximate surface area is 118 Å². The average molecular weight is 277 g/mol. The number of hydrogen-bond donors (Lipinski definition) is 2. The van der Waals surface area contributed by atoms with Gasteiger partial charge in [0.1, 0.15) is 18.0 Å². The smallest absolute Gasteiger partial charge is 0.135 e. The highest BCUT2D eigenvalue weighted by Gasteiger charge is 2.04. The second-order valence-electron chi connectivity index (χ2n) is 4.35. The molecule has 0 amide bonds. The van der Waals surface area contributed by atoms with Crippen LogP contribution in [0.2, 0.25) is 5.02 Å². The molecule has 2 aromatic rings. The molecule has 0 aliphatic carbocycles. The van der Waals surface area contributed by atoms with Crippen LogP contribution in [0.25, 0.3) is 0 Å². The van der Waals surface area contributed by atoms with Crippen molar-refractivity contribution in [3.8, 4) is 0 Å². The van der Waals surface area contributed by atoms with Gasteiger partial charge in [-0.05, 0) is 25.5 Å². The van der Waals surface area contributed by atoms with Crippen LogP contribution in [-0.2, 0) is 0 Å². The number of halogens is 1. The van der Waals surface area contributed by atoms with Crippen LogP contribution in [0.3, 0.4) is 0 Å². The lowest BCUT2D eigenvalue weighted by Crippen LogP contribution is -2.14. The fourth-order valence-electron chi connectivity index (χ4n) is 1.56. The van der Waals surface area contributed by atoms with Crippen LogP contribution in [0, 0.1) is 0 Å². The van der Waals surface area contributed by atoms with Gasteiger partial charge in [-0.1, -0.05) is 30.7 Å². The van der Waals surface area contributed by atoms with Crippen molar-refractivity contribution in [1.29, 1.82) is 0 Å². The normalized spacial score (nSPS) is 11.9. The zero-order valence-electron chi connectivity index (χ0n) is 11.0. The summed E-state index contributed by atoms with van der Waals surface area (Å²) in [5, 5.41) is 7.15. The van der Waals surface area contributed by atoms with Crippen LogP contribution in [0.5, 0.6) is 0 Å². The molecule has 0 spiro atoms. The third kappa shape index (κ3) is 3.83. The SMILES string of the molecule is CCC(C)Nc1cc(Nc2ccccc2Cl)ncn1. The minimum Gasteiger partial charge on any atom is -0.367 e. The van der Waals surface area contributed by atoms with Gasteiger partial charge in [0.2, 0.25) is 0 Å². The topological polar surface area (TPSA) is 49.8 Å². The van der Waals surface area contributed by atoms with Gasteiger partial charge in [0.15, 0.2) is 0 Å². The first-order valence-electron chi connectivity index (χ1n) is 6.29. The maximum atomic E-state index is 6.10. The second-order valence-corrected chi connectivity index (χ2v) is 4.75. The standard InChI is InChI=1S/C14H17ClN4/c1-3-10(2)18-13-8-14(17-9-16-13)19-12-7-5-4-6-11(12)15/h4-10H,3H2,1-2H3,(H2,16,17,18,19). The van der Waals surface area contributed by atoms with E-state index in [9.17, 15) is 0 Å². The maximum Gasteiger partial charge on any atom is 0.135 e. The summed E-state index contributed by atoms with van der Waals surface area (Å²) < 4.78 is 0. The molecule has 0 radical (unpaired) electrons. The van der Waals surface area contributed by atoms with Crippen molar-refractivity contribution in [1.82, 2.24) is 9.97 Å². The molecular formula is C14H17ClN4. The largest absolute Gasteiger partial charge is 0.367 e. The van der Waals surface area contributed by atoms with E-state index in [4.69, 9.17) is 11.6 Å². The summed E-state index contributed by atoms with van der Waals surface area (Å²) in [6, 6.07) is 9.81. The molecule has 0 bridgehead atoms. The molecule has 1 aromatic carbocycles. The van der Waals surface area contributed by atoms with Gasteiger partial charge in [0, 0.05) is 12.1 Å². The first-order chi connectivity index (χ1) is 9.19. The van der Waals surface area contributed by atoms with Gasteiger partial charge < -0.3 is 10.6 Å². The Bertz CT molecular complexity index is 544. The zero-order valence-corrected chi connectivity index (χ0v) is 11.8. The van der Waals surface area contributed by atoms with Crippen molar-refractivity contribution >= 4 is 28.9 Å². The predicted octanol–water partition coefficient (Wildman–Crippen LogP) is 4.08. The molecule has 1 atom stereocenters. The number of hydrogen-bond acceptors (Lipinski definition) is 4. The fraction of sp³-hybridized carbons (Fsp3) is 0.286. The highest BCUT2D eigenvalue weighted by atomic mass is 35.5. The fourth-order valence-corrected chi connectivity index (χ4v) is 1.74. The lowest BCUT2D eigenvalue weighted by Gasteiger charge is -2.13. The summed E-state index contributed by atoms with van der Waals surface area (Å²) in [4.78, 5) is 8.38. The van der Waals surface area contributed by atoms with Crippen molar-refractivity contribution < 1.29 is 0 Å². The molecule has 4 nitrogen and oxygen atoms in total. The molecule has 1 aromatic heterocycles. The molecule has 5 heteroatoms. The highest BCUT2D eigenvalue weighted by Crippen LogP contribution is 2.24. The number of para-hydroxylation sites is 1. The van der Waals surface area contributed by atoms with Crippen LogP contribution < -0.4 is 10.6 Å². The Morgan fingerprint density at radius 2 is 1.95 bits per heavy atom. The molecule has 0 saturated heterocycles. The van der Waals surface area contributed by atoms with Gasteiger partial charge in [-0.25, -0.2) is 9.97 Å². The van der Waals surface area contributed by atoms with Crippen molar-refractivity contribution in [2.45, 2.75) is 26.3 Å². The number of nitrogens with one attached hydrogen (secondary N) is 2. The van der Waals surface area contributed by atoms with E-state index in [0.29, 0.717) is 16.9 Å². The molecule has 2 N–H and O–H groups in total. The van der Waals surface area contributed by atoms with E-state index < -0.39 is 0 Å². The van der Waals surface area contributed by atoms with Crippen LogP contribution in [0.15, 0.2) is 36.7 Å². The molecular weight excluding hydrogens is 260 g/mol. The summed E-state index contributed by atoms with van der Waals surface area (Å²) in [6.07, 6.45) is 2.57. The summed E-state index contributed by atoms with van der Waals surface area (Å²) in [5.74, 6) is 1.52. The monoisotopic (exact) mass is 276 g/mol.